The Morgan fingerprint density at radius 1 is 0.909 bits per heavy atom. The topological polar surface area (TPSA) is 44.7 Å². The van der Waals surface area contributed by atoms with Crippen molar-refractivity contribution in [2.45, 2.75) is 18.0 Å². The second kappa shape index (κ2) is 9.15. The van der Waals surface area contributed by atoms with Crippen molar-refractivity contribution in [1.82, 2.24) is 5.32 Å². The number of aryl methyl sites for hydroxylation is 1. The molecular weight excluding hydrogens is 583 g/mol. The number of rotatable bonds is 3. The van der Waals surface area contributed by atoms with Gasteiger partial charge in [0, 0.05) is 8.95 Å². The second-order valence-corrected chi connectivity index (χ2v) is 10.3. The quantitative estimate of drug-likeness (QED) is 0.333. The molecular formula is C23H16Br2F3N3OS. The number of thioether (sulfide) groups is 1. The maximum absolute atomic E-state index is 14.6. The van der Waals surface area contributed by atoms with Gasteiger partial charge in [-0.3, -0.25) is 0 Å². The first-order chi connectivity index (χ1) is 15.6. The number of anilines is 1. The summed E-state index contributed by atoms with van der Waals surface area (Å²) in [6.07, 6.45) is -4.80. The van der Waals surface area contributed by atoms with E-state index in [-0.39, 0.29) is 10.7 Å². The van der Waals surface area contributed by atoms with Crippen molar-refractivity contribution < 1.29 is 18.0 Å². The van der Waals surface area contributed by atoms with E-state index in [1.807, 2.05) is 0 Å². The van der Waals surface area contributed by atoms with Gasteiger partial charge in [0.05, 0.1) is 11.4 Å². The van der Waals surface area contributed by atoms with Crippen LogP contribution < -0.4 is 10.2 Å². The van der Waals surface area contributed by atoms with Gasteiger partial charge in [-0.05, 0) is 72.8 Å². The van der Waals surface area contributed by atoms with Crippen LogP contribution in [0.2, 0.25) is 0 Å². The number of hydrogen-bond donors (Lipinski definition) is 1. The summed E-state index contributed by atoms with van der Waals surface area (Å²) in [4.78, 5) is 16.1. The van der Waals surface area contributed by atoms with Gasteiger partial charge in [0.25, 0.3) is 0 Å². The first kappa shape index (κ1) is 23.8. The van der Waals surface area contributed by atoms with Crippen LogP contribution in [-0.4, -0.2) is 17.4 Å². The summed E-state index contributed by atoms with van der Waals surface area (Å²) < 4.78 is 45.3. The third-order valence-electron chi connectivity index (χ3n) is 4.92. The number of alkyl halides is 3. The Kier molecular flexibility index (Phi) is 6.61. The van der Waals surface area contributed by atoms with E-state index in [2.05, 4.69) is 42.2 Å². The van der Waals surface area contributed by atoms with Gasteiger partial charge in [-0.15, -0.1) is 0 Å². The predicted octanol–water partition coefficient (Wildman–Crippen LogP) is 7.89. The molecule has 1 fully saturated rings. The number of amidine groups is 1. The predicted molar refractivity (Wildman–Crippen MR) is 133 cm³/mol. The minimum atomic E-state index is -4.80. The monoisotopic (exact) mass is 597 g/mol. The highest BCUT2D eigenvalue weighted by atomic mass is 79.9. The lowest BCUT2D eigenvalue weighted by molar-refractivity contribution is -0.167. The molecule has 0 bridgehead atoms. The Hall–Kier alpha value is -2.30. The van der Waals surface area contributed by atoms with Gasteiger partial charge in [-0.2, -0.15) is 13.2 Å². The summed E-state index contributed by atoms with van der Waals surface area (Å²) in [5.41, 5.74) is 1.53. The summed E-state index contributed by atoms with van der Waals surface area (Å²) in [7, 11) is 0. The number of hydrogen-bond acceptors (Lipinski definition) is 3. The zero-order valence-corrected chi connectivity index (χ0v) is 21.0. The maximum Gasteiger partial charge on any atom is 0.425 e. The van der Waals surface area contributed by atoms with Crippen LogP contribution in [0.1, 0.15) is 11.1 Å². The van der Waals surface area contributed by atoms with Crippen LogP contribution in [0.5, 0.6) is 0 Å². The van der Waals surface area contributed by atoms with E-state index in [0.29, 0.717) is 23.1 Å². The molecule has 170 valence electrons. The lowest BCUT2D eigenvalue weighted by Gasteiger charge is -2.43. The summed E-state index contributed by atoms with van der Waals surface area (Å²) in [5.74, 6) is 0. The van der Waals surface area contributed by atoms with Crippen molar-refractivity contribution in [1.29, 1.82) is 0 Å². The normalized spacial score (nSPS) is 20.1. The molecule has 33 heavy (non-hydrogen) atoms. The standard InChI is InChI=1S/C23H16Br2F3N3OS/c1-14-2-4-15(5-3-14)22(23(26,27)28)30-20(32)31(19-12-8-17(25)9-13-19)21(33-22)29-18-10-6-16(24)7-11-18/h2-13H,1H3,(H,30,32). The molecule has 3 aromatic carbocycles. The van der Waals surface area contributed by atoms with E-state index < -0.39 is 17.1 Å². The van der Waals surface area contributed by atoms with Crippen molar-refractivity contribution in [3.63, 3.8) is 0 Å². The average molecular weight is 599 g/mol. The average Bonchev–Trinajstić information content (AvgIpc) is 2.76. The third-order valence-corrected chi connectivity index (χ3v) is 7.30. The van der Waals surface area contributed by atoms with E-state index >= 15 is 0 Å². The molecule has 0 saturated carbocycles. The first-order valence-electron chi connectivity index (χ1n) is 9.64. The van der Waals surface area contributed by atoms with Crippen molar-refractivity contribution in [2.75, 3.05) is 4.90 Å². The number of carbonyl (C=O) groups excluding carboxylic acids is 1. The number of benzene rings is 3. The summed E-state index contributed by atoms with van der Waals surface area (Å²) in [5, 5.41) is 2.12. The summed E-state index contributed by atoms with van der Waals surface area (Å²) >= 11 is 7.12. The SMILES string of the molecule is Cc1ccc(C2(C(F)(F)F)NC(=O)N(c3ccc(Br)cc3)C(=Nc3ccc(Br)cc3)S2)cc1. The molecule has 1 atom stereocenters. The first-order valence-corrected chi connectivity index (χ1v) is 12.0. The fraction of sp³-hybridized carbons (Fsp3) is 0.130. The van der Waals surface area contributed by atoms with E-state index in [4.69, 9.17) is 0 Å². The Bertz CT molecular complexity index is 1200. The van der Waals surface area contributed by atoms with Crippen LogP contribution in [0.4, 0.5) is 29.3 Å². The molecule has 1 aliphatic rings. The number of urea groups is 1. The molecule has 0 aromatic heterocycles. The Morgan fingerprint density at radius 3 is 2.00 bits per heavy atom. The minimum absolute atomic E-state index is 0.0853. The Morgan fingerprint density at radius 2 is 1.45 bits per heavy atom. The van der Waals surface area contributed by atoms with Gasteiger partial charge in [-0.25, -0.2) is 14.7 Å². The number of carbonyl (C=O) groups is 1. The van der Waals surface area contributed by atoms with Crippen LogP contribution in [0, 0.1) is 6.92 Å². The fourth-order valence-electron chi connectivity index (χ4n) is 3.23. The molecule has 3 aromatic rings. The summed E-state index contributed by atoms with van der Waals surface area (Å²) in [6.45, 7) is 1.78. The zero-order chi connectivity index (χ0) is 23.8. The smallest absolute Gasteiger partial charge is 0.311 e. The highest BCUT2D eigenvalue weighted by molar-refractivity contribution is 9.10. The lowest BCUT2D eigenvalue weighted by atomic mass is 10.0. The fourth-order valence-corrected chi connectivity index (χ4v) is 4.97. The van der Waals surface area contributed by atoms with E-state index in [1.54, 1.807) is 67.6 Å². The van der Waals surface area contributed by atoms with Crippen LogP contribution in [0.15, 0.2) is 86.7 Å². The minimum Gasteiger partial charge on any atom is -0.311 e. The molecule has 2 amide bonds. The third kappa shape index (κ3) is 4.83. The van der Waals surface area contributed by atoms with Crippen LogP contribution in [0.3, 0.4) is 0 Å². The van der Waals surface area contributed by atoms with E-state index in [0.717, 1.165) is 19.4 Å². The highest BCUT2D eigenvalue weighted by Crippen LogP contribution is 2.51. The molecule has 1 heterocycles. The number of amides is 2. The molecule has 1 saturated heterocycles. The van der Waals surface area contributed by atoms with Crippen molar-refractivity contribution in [2.24, 2.45) is 4.99 Å². The molecule has 0 radical (unpaired) electrons. The molecule has 0 spiro atoms. The van der Waals surface area contributed by atoms with Gasteiger partial charge in [0.2, 0.25) is 4.87 Å². The maximum atomic E-state index is 14.6. The van der Waals surface area contributed by atoms with Crippen molar-refractivity contribution in [3.05, 3.63) is 92.9 Å². The van der Waals surface area contributed by atoms with Gasteiger partial charge in [-0.1, -0.05) is 61.7 Å². The second-order valence-electron chi connectivity index (χ2n) is 7.26. The van der Waals surface area contributed by atoms with Crippen LogP contribution >= 0.6 is 43.6 Å². The molecule has 4 rings (SSSR count). The van der Waals surface area contributed by atoms with Crippen molar-refractivity contribution >= 4 is 66.2 Å². The number of nitrogens with zero attached hydrogens (tertiary/aromatic N) is 2. The van der Waals surface area contributed by atoms with Gasteiger partial charge >= 0.3 is 12.2 Å². The largest absolute Gasteiger partial charge is 0.425 e. The molecule has 1 aliphatic heterocycles. The van der Waals surface area contributed by atoms with E-state index in [9.17, 15) is 18.0 Å². The van der Waals surface area contributed by atoms with Crippen LogP contribution in [-0.2, 0) is 4.87 Å². The van der Waals surface area contributed by atoms with Gasteiger partial charge < -0.3 is 5.32 Å². The number of nitrogens with one attached hydrogen (secondary N) is 1. The Labute approximate surface area is 209 Å². The van der Waals surface area contributed by atoms with Gasteiger partial charge in [0.1, 0.15) is 0 Å². The Balaban J connectivity index is 1.89. The zero-order valence-electron chi connectivity index (χ0n) is 17.0. The summed E-state index contributed by atoms with van der Waals surface area (Å²) in [6, 6.07) is 18.5. The van der Waals surface area contributed by atoms with Crippen LogP contribution in [0.25, 0.3) is 0 Å². The number of halogens is 5. The molecule has 1 unspecified atom stereocenters. The molecule has 4 nitrogen and oxygen atoms in total. The molecule has 1 N–H and O–H groups in total. The molecule has 0 aliphatic carbocycles. The lowest BCUT2D eigenvalue weighted by Crippen LogP contribution is -2.63. The number of aliphatic imine (C=N–C) groups is 1. The highest BCUT2D eigenvalue weighted by Gasteiger charge is 2.62. The van der Waals surface area contributed by atoms with Gasteiger partial charge in [0.15, 0.2) is 5.17 Å². The van der Waals surface area contributed by atoms with Crippen molar-refractivity contribution in [3.8, 4) is 0 Å². The van der Waals surface area contributed by atoms with E-state index in [1.165, 1.54) is 12.1 Å². The molecule has 10 heteroatoms.